The largest absolute Gasteiger partial charge is 0.494 e. The van der Waals surface area contributed by atoms with E-state index in [0.717, 1.165) is 47.8 Å². The number of carbonyl (C=O) groups is 1. The van der Waals surface area contributed by atoms with Crippen molar-refractivity contribution in [2.24, 2.45) is 0 Å². The van der Waals surface area contributed by atoms with Crippen molar-refractivity contribution in [1.82, 2.24) is 14.7 Å². The van der Waals surface area contributed by atoms with Gasteiger partial charge in [-0.25, -0.2) is 4.98 Å². The first-order valence-corrected chi connectivity index (χ1v) is 9.62. The average molecular weight is 363 g/mol. The van der Waals surface area contributed by atoms with E-state index in [2.05, 4.69) is 48.0 Å². The molecule has 1 atom stereocenters. The number of ether oxygens (including phenoxy) is 1. The van der Waals surface area contributed by atoms with E-state index in [1.807, 2.05) is 18.2 Å². The van der Waals surface area contributed by atoms with Crippen molar-refractivity contribution in [2.75, 3.05) is 6.61 Å². The molecule has 140 valence electrons. The fourth-order valence-electron chi connectivity index (χ4n) is 3.66. The van der Waals surface area contributed by atoms with E-state index in [1.54, 1.807) is 0 Å². The number of pyridine rings is 1. The summed E-state index contributed by atoms with van der Waals surface area (Å²) in [6.07, 6.45) is 4.69. The Morgan fingerprint density at radius 2 is 2.04 bits per heavy atom. The SMILES string of the molecule is CCCCOc1ccc(C2CC(=O)NCc3nc4ccc(C)cn4c32)cc1. The van der Waals surface area contributed by atoms with Crippen LogP contribution in [0.5, 0.6) is 5.75 Å². The Morgan fingerprint density at radius 1 is 1.22 bits per heavy atom. The molecule has 1 unspecified atom stereocenters. The molecule has 0 saturated carbocycles. The van der Waals surface area contributed by atoms with Crippen LogP contribution in [-0.2, 0) is 11.3 Å². The Morgan fingerprint density at radius 3 is 2.81 bits per heavy atom. The monoisotopic (exact) mass is 363 g/mol. The third-order valence-electron chi connectivity index (χ3n) is 5.10. The fraction of sp³-hybridized carbons (Fsp3) is 0.364. The number of unbranched alkanes of at least 4 members (excludes halogenated alkanes) is 1. The van der Waals surface area contributed by atoms with E-state index in [9.17, 15) is 4.79 Å². The Labute approximate surface area is 159 Å². The normalized spacial score (nSPS) is 16.7. The summed E-state index contributed by atoms with van der Waals surface area (Å²) in [5.74, 6) is 0.908. The molecule has 3 aromatic rings. The van der Waals surface area contributed by atoms with Crippen LogP contribution in [0.1, 0.15) is 54.6 Å². The van der Waals surface area contributed by atoms with E-state index < -0.39 is 0 Å². The lowest BCUT2D eigenvalue weighted by Crippen LogP contribution is -2.21. The Balaban J connectivity index is 1.72. The lowest BCUT2D eigenvalue weighted by molar-refractivity contribution is -0.121. The first kappa shape index (κ1) is 17.6. The number of rotatable bonds is 5. The summed E-state index contributed by atoms with van der Waals surface area (Å²) in [5.41, 5.74) is 5.25. The van der Waals surface area contributed by atoms with Crippen molar-refractivity contribution in [1.29, 1.82) is 0 Å². The highest BCUT2D eigenvalue weighted by Gasteiger charge is 2.28. The van der Waals surface area contributed by atoms with Gasteiger partial charge in [0.25, 0.3) is 0 Å². The Hall–Kier alpha value is -2.82. The second-order valence-electron chi connectivity index (χ2n) is 7.18. The van der Waals surface area contributed by atoms with E-state index in [1.165, 1.54) is 5.56 Å². The van der Waals surface area contributed by atoms with Gasteiger partial charge in [-0.15, -0.1) is 0 Å². The Kier molecular flexibility index (Phi) is 4.84. The zero-order chi connectivity index (χ0) is 18.8. The summed E-state index contributed by atoms with van der Waals surface area (Å²) in [5, 5.41) is 2.98. The van der Waals surface area contributed by atoms with Gasteiger partial charge in [-0.2, -0.15) is 0 Å². The molecule has 5 heteroatoms. The standard InChI is InChI=1S/C22H25N3O2/c1-3-4-11-27-17-8-6-16(7-9-17)18-12-21(26)23-13-19-22(18)25-14-15(2)5-10-20(25)24-19/h5-10,14,18H,3-4,11-13H2,1-2H3,(H,23,26). The maximum atomic E-state index is 12.3. The highest BCUT2D eigenvalue weighted by atomic mass is 16.5. The predicted octanol–water partition coefficient (Wildman–Crippen LogP) is 3.97. The molecule has 1 aliphatic heterocycles. The number of aromatic nitrogens is 2. The number of amides is 1. The number of aryl methyl sites for hydroxylation is 1. The zero-order valence-corrected chi connectivity index (χ0v) is 15.9. The van der Waals surface area contributed by atoms with Crippen LogP contribution in [0.15, 0.2) is 42.6 Å². The minimum absolute atomic E-state index is 0.0241. The van der Waals surface area contributed by atoms with Crippen LogP contribution in [0.3, 0.4) is 0 Å². The predicted molar refractivity (Wildman–Crippen MR) is 105 cm³/mol. The molecule has 0 radical (unpaired) electrons. The van der Waals surface area contributed by atoms with E-state index in [-0.39, 0.29) is 11.8 Å². The van der Waals surface area contributed by atoms with E-state index >= 15 is 0 Å². The molecule has 1 aliphatic rings. The molecule has 1 N–H and O–H groups in total. The van der Waals surface area contributed by atoms with Gasteiger partial charge in [0.1, 0.15) is 11.4 Å². The topological polar surface area (TPSA) is 55.6 Å². The smallest absolute Gasteiger partial charge is 0.221 e. The summed E-state index contributed by atoms with van der Waals surface area (Å²) in [4.78, 5) is 17.1. The molecular weight excluding hydrogens is 338 g/mol. The van der Waals surface area contributed by atoms with E-state index in [0.29, 0.717) is 13.0 Å². The van der Waals surface area contributed by atoms with Crippen LogP contribution in [0.4, 0.5) is 0 Å². The number of benzene rings is 1. The number of hydrogen-bond donors (Lipinski definition) is 1. The molecule has 5 nitrogen and oxygen atoms in total. The van der Waals surface area contributed by atoms with Gasteiger partial charge >= 0.3 is 0 Å². The molecule has 4 rings (SSSR count). The van der Waals surface area contributed by atoms with Crippen LogP contribution < -0.4 is 10.1 Å². The maximum Gasteiger partial charge on any atom is 0.221 e. The third kappa shape index (κ3) is 3.54. The summed E-state index contributed by atoms with van der Waals surface area (Å²) in [7, 11) is 0. The lowest BCUT2D eigenvalue weighted by atomic mass is 9.91. The molecule has 27 heavy (non-hydrogen) atoms. The molecular formula is C22H25N3O2. The van der Waals surface area contributed by atoms with Crippen LogP contribution in [-0.4, -0.2) is 21.9 Å². The second-order valence-corrected chi connectivity index (χ2v) is 7.18. The number of fused-ring (bicyclic) bond motifs is 3. The second kappa shape index (κ2) is 7.43. The van der Waals surface area contributed by atoms with Crippen molar-refractivity contribution < 1.29 is 9.53 Å². The number of imidazole rings is 1. The number of carbonyl (C=O) groups excluding carboxylic acids is 1. The molecule has 0 aliphatic carbocycles. The van der Waals surface area contributed by atoms with Crippen LogP contribution in [0.2, 0.25) is 0 Å². The van der Waals surface area contributed by atoms with Crippen LogP contribution >= 0.6 is 0 Å². The number of hydrogen-bond acceptors (Lipinski definition) is 3. The molecule has 0 saturated heterocycles. The van der Waals surface area contributed by atoms with Gasteiger partial charge in [-0.05, 0) is 42.7 Å². The summed E-state index contributed by atoms with van der Waals surface area (Å²) in [6, 6.07) is 12.3. The van der Waals surface area contributed by atoms with Crippen LogP contribution in [0.25, 0.3) is 5.65 Å². The van der Waals surface area contributed by atoms with Crippen LogP contribution in [0, 0.1) is 6.92 Å². The molecule has 3 heterocycles. The van der Waals surface area contributed by atoms with Gasteiger partial charge in [-0.1, -0.05) is 31.5 Å². The number of nitrogens with zero attached hydrogens (tertiary/aromatic N) is 2. The van der Waals surface area contributed by atoms with Gasteiger partial charge in [0, 0.05) is 18.5 Å². The summed E-state index contributed by atoms with van der Waals surface area (Å²) < 4.78 is 7.92. The van der Waals surface area contributed by atoms with Gasteiger partial charge in [-0.3, -0.25) is 4.79 Å². The highest BCUT2D eigenvalue weighted by Crippen LogP contribution is 2.34. The molecule has 0 spiro atoms. The highest BCUT2D eigenvalue weighted by molar-refractivity contribution is 5.78. The first-order valence-electron chi connectivity index (χ1n) is 9.62. The van der Waals surface area contributed by atoms with Crippen molar-refractivity contribution in [2.45, 2.75) is 45.6 Å². The van der Waals surface area contributed by atoms with Crippen molar-refractivity contribution in [3.8, 4) is 5.75 Å². The van der Waals surface area contributed by atoms with Gasteiger partial charge in [0.15, 0.2) is 0 Å². The van der Waals surface area contributed by atoms with Gasteiger partial charge in [0.2, 0.25) is 5.91 Å². The van der Waals surface area contributed by atoms with Crippen molar-refractivity contribution >= 4 is 11.6 Å². The molecule has 2 aromatic heterocycles. The van der Waals surface area contributed by atoms with Crippen molar-refractivity contribution in [3.63, 3.8) is 0 Å². The van der Waals surface area contributed by atoms with Gasteiger partial charge < -0.3 is 14.5 Å². The lowest BCUT2D eigenvalue weighted by Gasteiger charge is -2.17. The minimum atomic E-state index is -0.0241. The quantitative estimate of drug-likeness (QED) is 0.698. The number of nitrogens with one attached hydrogen (secondary N) is 1. The first-order chi connectivity index (χ1) is 13.2. The third-order valence-corrected chi connectivity index (χ3v) is 5.10. The van der Waals surface area contributed by atoms with Gasteiger partial charge in [0.05, 0.1) is 24.5 Å². The zero-order valence-electron chi connectivity index (χ0n) is 15.9. The molecule has 0 bridgehead atoms. The fourth-order valence-corrected chi connectivity index (χ4v) is 3.66. The molecule has 1 aromatic carbocycles. The maximum absolute atomic E-state index is 12.3. The molecule has 0 fully saturated rings. The van der Waals surface area contributed by atoms with Crippen molar-refractivity contribution in [3.05, 3.63) is 65.1 Å². The summed E-state index contributed by atoms with van der Waals surface area (Å²) in [6.45, 7) is 5.43. The van der Waals surface area contributed by atoms with E-state index in [4.69, 9.17) is 9.72 Å². The average Bonchev–Trinajstić information content (AvgIpc) is 2.94. The summed E-state index contributed by atoms with van der Waals surface area (Å²) >= 11 is 0. The Bertz CT molecular complexity index is 960. The molecule has 1 amide bonds. The minimum Gasteiger partial charge on any atom is -0.494 e.